The van der Waals surface area contributed by atoms with Crippen molar-refractivity contribution in [2.24, 2.45) is 7.05 Å². The van der Waals surface area contributed by atoms with E-state index in [1.54, 1.807) is 6.92 Å². The molecule has 0 aliphatic carbocycles. The maximum absolute atomic E-state index is 11.0. The number of ketones is 1. The fourth-order valence-corrected chi connectivity index (χ4v) is 1.84. The molecule has 16 heavy (non-hydrogen) atoms. The average Bonchev–Trinajstić information content (AvgIpc) is 2.65. The van der Waals surface area contributed by atoms with Crippen LogP contribution in [0.15, 0.2) is 42.6 Å². The van der Waals surface area contributed by atoms with Crippen molar-refractivity contribution in [3.8, 4) is 11.3 Å². The van der Waals surface area contributed by atoms with E-state index in [0.717, 1.165) is 5.56 Å². The van der Waals surface area contributed by atoms with Crippen LogP contribution in [0.2, 0.25) is 0 Å². The van der Waals surface area contributed by atoms with Crippen LogP contribution in [0.25, 0.3) is 11.3 Å². The minimum atomic E-state index is 0.201. The van der Waals surface area contributed by atoms with Gasteiger partial charge in [0.2, 0.25) is 0 Å². The molecule has 0 amide bonds. The standard InChI is InChI=1S/C14H15NO/c1-11(16)10-12-5-7-13(8-6-12)14-4-3-9-15(14)2/h3-9H,10H2,1-2H3. The molecular formula is C14H15NO. The Morgan fingerprint density at radius 1 is 1.19 bits per heavy atom. The van der Waals surface area contributed by atoms with Crippen LogP contribution in [0.5, 0.6) is 0 Å². The van der Waals surface area contributed by atoms with Crippen LogP contribution in [0.1, 0.15) is 12.5 Å². The molecule has 0 aliphatic heterocycles. The van der Waals surface area contributed by atoms with Crippen LogP contribution < -0.4 is 0 Å². The number of carbonyl (C=O) groups excluding carboxylic acids is 1. The zero-order valence-corrected chi connectivity index (χ0v) is 9.60. The number of aryl methyl sites for hydroxylation is 1. The largest absolute Gasteiger partial charge is 0.351 e. The van der Waals surface area contributed by atoms with Crippen LogP contribution in [-0.4, -0.2) is 10.4 Å². The third-order valence-corrected chi connectivity index (χ3v) is 2.65. The van der Waals surface area contributed by atoms with E-state index in [0.29, 0.717) is 6.42 Å². The predicted molar refractivity (Wildman–Crippen MR) is 65.2 cm³/mol. The molecule has 0 fully saturated rings. The molecule has 1 aromatic carbocycles. The highest BCUT2D eigenvalue weighted by atomic mass is 16.1. The lowest BCUT2D eigenvalue weighted by molar-refractivity contribution is -0.116. The minimum absolute atomic E-state index is 0.201. The van der Waals surface area contributed by atoms with Gasteiger partial charge in [0.1, 0.15) is 5.78 Å². The molecule has 2 nitrogen and oxygen atoms in total. The number of hydrogen-bond donors (Lipinski definition) is 0. The second-order valence-electron chi connectivity index (χ2n) is 4.08. The van der Waals surface area contributed by atoms with Crippen molar-refractivity contribution in [3.05, 3.63) is 48.2 Å². The molecule has 0 aliphatic rings. The molecule has 1 aromatic heterocycles. The van der Waals surface area contributed by atoms with E-state index in [2.05, 4.69) is 22.8 Å². The summed E-state index contributed by atoms with van der Waals surface area (Å²) in [4.78, 5) is 11.0. The molecule has 0 radical (unpaired) electrons. The summed E-state index contributed by atoms with van der Waals surface area (Å²) in [6, 6.07) is 12.3. The van der Waals surface area contributed by atoms with E-state index >= 15 is 0 Å². The van der Waals surface area contributed by atoms with E-state index < -0.39 is 0 Å². The summed E-state index contributed by atoms with van der Waals surface area (Å²) in [6.07, 6.45) is 2.55. The quantitative estimate of drug-likeness (QED) is 0.768. The van der Waals surface area contributed by atoms with Crippen molar-refractivity contribution in [1.29, 1.82) is 0 Å². The summed E-state index contributed by atoms with van der Waals surface area (Å²) in [5.74, 6) is 0.201. The van der Waals surface area contributed by atoms with Gasteiger partial charge in [-0.2, -0.15) is 0 Å². The first-order valence-corrected chi connectivity index (χ1v) is 5.37. The highest BCUT2D eigenvalue weighted by Gasteiger charge is 2.02. The summed E-state index contributed by atoms with van der Waals surface area (Å²) < 4.78 is 2.08. The molecule has 1 heterocycles. The molecule has 2 heteroatoms. The molecule has 0 N–H and O–H groups in total. The molecule has 0 spiro atoms. The Hall–Kier alpha value is -1.83. The summed E-state index contributed by atoms with van der Waals surface area (Å²) in [7, 11) is 2.03. The van der Waals surface area contributed by atoms with Gasteiger partial charge in [0.05, 0.1) is 0 Å². The number of nitrogens with zero attached hydrogens (tertiary/aromatic N) is 1. The Morgan fingerprint density at radius 2 is 1.88 bits per heavy atom. The molecule has 2 rings (SSSR count). The van der Waals surface area contributed by atoms with Crippen LogP contribution >= 0.6 is 0 Å². The Morgan fingerprint density at radius 3 is 2.38 bits per heavy atom. The first-order valence-electron chi connectivity index (χ1n) is 5.37. The highest BCUT2D eigenvalue weighted by Crippen LogP contribution is 2.19. The Labute approximate surface area is 95.5 Å². The summed E-state index contributed by atoms with van der Waals surface area (Å²) >= 11 is 0. The molecule has 0 saturated carbocycles. The molecule has 2 aromatic rings. The van der Waals surface area contributed by atoms with Crippen molar-refractivity contribution in [2.75, 3.05) is 0 Å². The van der Waals surface area contributed by atoms with Gasteiger partial charge in [-0.3, -0.25) is 4.79 Å². The number of hydrogen-bond acceptors (Lipinski definition) is 1. The first kappa shape index (κ1) is 10.7. The topological polar surface area (TPSA) is 22.0 Å². The molecule has 0 bridgehead atoms. The lowest BCUT2D eigenvalue weighted by Gasteiger charge is -2.04. The molecule has 0 unspecified atom stereocenters. The number of rotatable bonds is 3. The number of aromatic nitrogens is 1. The van der Waals surface area contributed by atoms with Gasteiger partial charge in [-0.25, -0.2) is 0 Å². The lowest BCUT2D eigenvalue weighted by Crippen LogP contribution is -1.96. The highest BCUT2D eigenvalue weighted by molar-refractivity contribution is 5.78. The van der Waals surface area contributed by atoms with Gasteiger partial charge >= 0.3 is 0 Å². The lowest BCUT2D eigenvalue weighted by atomic mass is 10.1. The van der Waals surface area contributed by atoms with Crippen molar-refractivity contribution >= 4 is 5.78 Å². The fourth-order valence-electron chi connectivity index (χ4n) is 1.84. The fraction of sp³-hybridized carbons (Fsp3) is 0.214. The third-order valence-electron chi connectivity index (χ3n) is 2.65. The smallest absolute Gasteiger partial charge is 0.134 e. The maximum atomic E-state index is 11.0. The van der Waals surface area contributed by atoms with Gasteiger partial charge < -0.3 is 4.57 Å². The third kappa shape index (κ3) is 2.22. The monoisotopic (exact) mass is 213 g/mol. The van der Waals surface area contributed by atoms with E-state index in [1.807, 2.05) is 31.4 Å². The van der Waals surface area contributed by atoms with Crippen molar-refractivity contribution in [1.82, 2.24) is 4.57 Å². The van der Waals surface area contributed by atoms with Gasteiger partial charge in [-0.1, -0.05) is 24.3 Å². The Balaban J connectivity index is 2.26. The van der Waals surface area contributed by atoms with Crippen LogP contribution in [0.4, 0.5) is 0 Å². The van der Waals surface area contributed by atoms with E-state index in [9.17, 15) is 4.79 Å². The van der Waals surface area contributed by atoms with E-state index in [-0.39, 0.29) is 5.78 Å². The van der Waals surface area contributed by atoms with Gasteiger partial charge in [-0.15, -0.1) is 0 Å². The van der Waals surface area contributed by atoms with Gasteiger partial charge in [0.15, 0.2) is 0 Å². The normalized spacial score (nSPS) is 10.4. The number of carbonyl (C=O) groups is 1. The summed E-state index contributed by atoms with van der Waals surface area (Å²) in [6.45, 7) is 1.62. The van der Waals surface area contributed by atoms with E-state index in [4.69, 9.17) is 0 Å². The number of benzene rings is 1. The molecule has 0 atom stereocenters. The SMILES string of the molecule is CC(=O)Cc1ccc(-c2cccn2C)cc1. The second kappa shape index (κ2) is 4.35. The average molecular weight is 213 g/mol. The molecular weight excluding hydrogens is 198 g/mol. The maximum Gasteiger partial charge on any atom is 0.134 e. The van der Waals surface area contributed by atoms with Crippen molar-refractivity contribution in [2.45, 2.75) is 13.3 Å². The van der Waals surface area contributed by atoms with Crippen LogP contribution in [0.3, 0.4) is 0 Å². The van der Waals surface area contributed by atoms with Gasteiger partial charge in [0.25, 0.3) is 0 Å². The zero-order valence-electron chi connectivity index (χ0n) is 9.60. The second-order valence-corrected chi connectivity index (χ2v) is 4.08. The molecule has 0 saturated heterocycles. The number of Topliss-reactive ketones (excluding diaryl/α,β-unsaturated/α-hetero) is 1. The zero-order chi connectivity index (χ0) is 11.5. The molecule has 82 valence electrons. The van der Waals surface area contributed by atoms with Gasteiger partial charge in [-0.05, 0) is 30.2 Å². The van der Waals surface area contributed by atoms with Crippen LogP contribution in [-0.2, 0) is 18.3 Å². The summed E-state index contributed by atoms with van der Waals surface area (Å²) in [5, 5.41) is 0. The predicted octanol–water partition coefficient (Wildman–Crippen LogP) is 2.82. The van der Waals surface area contributed by atoms with Gasteiger partial charge in [0, 0.05) is 25.4 Å². The van der Waals surface area contributed by atoms with Crippen molar-refractivity contribution < 1.29 is 4.79 Å². The van der Waals surface area contributed by atoms with Crippen molar-refractivity contribution in [3.63, 3.8) is 0 Å². The van der Waals surface area contributed by atoms with Crippen LogP contribution in [0, 0.1) is 0 Å². The first-order chi connectivity index (χ1) is 7.66. The Kier molecular flexibility index (Phi) is 2.91. The summed E-state index contributed by atoms with van der Waals surface area (Å²) in [5.41, 5.74) is 3.44. The minimum Gasteiger partial charge on any atom is -0.351 e. The van der Waals surface area contributed by atoms with E-state index in [1.165, 1.54) is 11.3 Å². The Bertz CT molecular complexity index is 494.